The molecule has 1 aliphatic heterocycles. The largest absolute Gasteiger partial charge is 0.508 e. The summed E-state index contributed by atoms with van der Waals surface area (Å²) >= 11 is 0. The van der Waals surface area contributed by atoms with Crippen LogP contribution in [0.3, 0.4) is 0 Å². The highest BCUT2D eigenvalue weighted by Crippen LogP contribution is 2.26. The van der Waals surface area contributed by atoms with Crippen molar-refractivity contribution in [1.82, 2.24) is 4.98 Å². The molecular formula is C14H13N3O3. The molecule has 102 valence electrons. The van der Waals surface area contributed by atoms with Crippen molar-refractivity contribution in [3.8, 4) is 5.75 Å². The Balaban J connectivity index is 1.83. The third-order valence-electron chi connectivity index (χ3n) is 3.47. The Kier molecular flexibility index (Phi) is 2.98. The number of pyridine rings is 1. The van der Waals surface area contributed by atoms with Gasteiger partial charge in [-0.3, -0.25) is 10.1 Å². The molecule has 0 saturated heterocycles. The predicted molar refractivity (Wildman–Crippen MR) is 73.8 cm³/mol. The lowest BCUT2D eigenvalue weighted by Crippen LogP contribution is -2.30. The van der Waals surface area contributed by atoms with Crippen molar-refractivity contribution >= 4 is 11.5 Å². The average Bonchev–Trinajstić information content (AvgIpc) is 2.47. The number of nitro groups is 1. The van der Waals surface area contributed by atoms with Crippen molar-refractivity contribution in [3.05, 3.63) is 57.8 Å². The van der Waals surface area contributed by atoms with Crippen LogP contribution in [0.5, 0.6) is 5.75 Å². The van der Waals surface area contributed by atoms with Gasteiger partial charge in [-0.05, 0) is 35.7 Å². The molecule has 1 aromatic heterocycles. The van der Waals surface area contributed by atoms with E-state index in [0.29, 0.717) is 6.54 Å². The van der Waals surface area contributed by atoms with Crippen LogP contribution < -0.4 is 4.90 Å². The zero-order chi connectivity index (χ0) is 14.1. The summed E-state index contributed by atoms with van der Waals surface area (Å²) in [6, 6.07) is 8.50. The number of hydrogen-bond acceptors (Lipinski definition) is 5. The van der Waals surface area contributed by atoms with Gasteiger partial charge in [-0.15, -0.1) is 0 Å². The molecule has 0 saturated carbocycles. The molecule has 1 aliphatic rings. The van der Waals surface area contributed by atoms with E-state index >= 15 is 0 Å². The Labute approximate surface area is 115 Å². The van der Waals surface area contributed by atoms with Gasteiger partial charge in [0.2, 0.25) is 0 Å². The van der Waals surface area contributed by atoms with Crippen LogP contribution >= 0.6 is 0 Å². The first-order valence-corrected chi connectivity index (χ1v) is 6.29. The lowest BCUT2D eigenvalue weighted by molar-refractivity contribution is -0.385. The van der Waals surface area contributed by atoms with E-state index < -0.39 is 4.92 Å². The minimum Gasteiger partial charge on any atom is -0.508 e. The van der Waals surface area contributed by atoms with E-state index in [9.17, 15) is 15.2 Å². The second kappa shape index (κ2) is 4.80. The van der Waals surface area contributed by atoms with Gasteiger partial charge in [0, 0.05) is 19.2 Å². The summed E-state index contributed by atoms with van der Waals surface area (Å²) in [5.74, 6) is 1.01. The summed E-state index contributed by atoms with van der Waals surface area (Å²) in [5.41, 5.74) is 2.29. The molecule has 6 heteroatoms. The molecule has 1 aromatic carbocycles. The quantitative estimate of drug-likeness (QED) is 0.669. The van der Waals surface area contributed by atoms with Crippen molar-refractivity contribution < 1.29 is 10.0 Å². The molecule has 2 aromatic rings. The Hall–Kier alpha value is -2.63. The van der Waals surface area contributed by atoms with Gasteiger partial charge in [0.15, 0.2) is 0 Å². The number of phenols is 1. The molecule has 3 rings (SSSR count). The van der Waals surface area contributed by atoms with E-state index in [0.717, 1.165) is 29.9 Å². The van der Waals surface area contributed by atoms with Crippen LogP contribution in [0, 0.1) is 10.1 Å². The Morgan fingerprint density at radius 3 is 2.80 bits per heavy atom. The minimum absolute atomic E-state index is 0.00363. The fraction of sp³-hybridized carbons (Fsp3) is 0.214. The molecule has 2 heterocycles. The van der Waals surface area contributed by atoms with Gasteiger partial charge in [0.05, 0.1) is 4.92 Å². The van der Waals surface area contributed by atoms with Crippen molar-refractivity contribution in [2.45, 2.75) is 13.0 Å². The highest BCUT2D eigenvalue weighted by molar-refractivity contribution is 5.47. The summed E-state index contributed by atoms with van der Waals surface area (Å²) < 4.78 is 0. The number of anilines is 1. The summed E-state index contributed by atoms with van der Waals surface area (Å²) in [4.78, 5) is 16.4. The highest BCUT2D eigenvalue weighted by Gasteiger charge is 2.18. The molecule has 6 nitrogen and oxygen atoms in total. The van der Waals surface area contributed by atoms with Gasteiger partial charge in [0.25, 0.3) is 5.69 Å². The number of aromatic hydroxyl groups is 1. The first kappa shape index (κ1) is 12.4. The van der Waals surface area contributed by atoms with Crippen LogP contribution in [0.2, 0.25) is 0 Å². The number of hydrogen-bond donors (Lipinski definition) is 1. The molecule has 20 heavy (non-hydrogen) atoms. The van der Waals surface area contributed by atoms with Crippen LogP contribution in [0.4, 0.5) is 11.5 Å². The maximum Gasteiger partial charge on any atom is 0.287 e. The fourth-order valence-corrected chi connectivity index (χ4v) is 2.41. The van der Waals surface area contributed by atoms with Gasteiger partial charge >= 0.3 is 0 Å². The lowest BCUT2D eigenvalue weighted by atomic mass is 9.99. The van der Waals surface area contributed by atoms with Gasteiger partial charge in [-0.2, -0.15) is 0 Å². The van der Waals surface area contributed by atoms with Crippen molar-refractivity contribution in [3.63, 3.8) is 0 Å². The summed E-state index contributed by atoms with van der Waals surface area (Å²) in [5, 5.41) is 20.1. The summed E-state index contributed by atoms with van der Waals surface area (Å²) in [6.07, 6.45) is 2.10. The van der Waals surface area contributed by atoms with Gasteiger partial charge in [0.1, 0.15) is 17.8 Å². The van der Waals surface area contributed by atoms with Crippen LogP contribution in [-0.4, -0.2) is 21.6 Å². The molecule has 0 spiro atoms. The van der Waals surface area contributed by atoms with Gasteiger partial charge in [-0.1, -0.05) is 6.07 Å². The molecule has 0 amide bonds. The first-order chi connectivity index (χ1) is 9.63. The van der Waals surface area contributed by atoms with Crippen LogP contribution in [0.25, 0.3) is 0 Å². The fourth-order valence-electron chi connectivity index (χ4n) is 2.41. The predicted octanol–water partition coefficient (Wildman–Crippen LogP) is 2.26. The number of aromatic nitrogens is 1. The number of rotatable bonds is 2. The number of phenolic OH excluding ortho intramolecular Hbond substituents is 1. The molecule has 0 atom stereocenters. The number of benzene rings is 1. The van der Waals surface area contributed by atoms with E-state index in [4.69, 9.17) is 0 Å². The maximum atomic E-state index is 10.6. The van der Waals surface area contributed by atoms with Crippen LogP contribution in [-0.2, 0) is 13.0 Å². The highest BCUT2D eigenvalue weighted by atomic mass is 16.6. The Morgan fingerprint density at radius 2 is 2.10 bits per heavy atom. The first-order valence-electron chi connectivity index (χ1n) is 6.29. The average molecular weight is 271 g/mol. The van der Waals surface area contributed by atoms with E-state index in [-0.39, 0.29) is 11.4 Å². The van der Waals surface area contributed by atoms with E-state index in [1.807, 2.05) is 6.07 Å². The van der Waals surface area contributed by atoms with Crippen molar-refractivity contribution in [2.24, 2.45) is 0 Å². The van der Waals surface area contributed by atoms with Gasteiger partial charge < -0.3 is 10.0 Å². The molecule has 0 bridgehead atoms. The number of nitrogens with zero attached hydrogens (tertiary/aromatic N) is 3. The maximum absolute atomic E-state index is 10.6. The topological polar surface area (TPSA) is 79.5 Å². The van der Waals surface area contributed by atoms with E-state index in [1.54, 1.807) is 18.2 Å². The SMILES string of the molecule is O=[N+]([O-])c1ccc(N2CCc3cc(O)ccc3C2)nc1. The van der Waals surface area contributed by atoms with Gasteiger partial charge in [-0.25, -0.2) is 4.98 Å². The molecule has 0 aliphatic carbocycles. The third kappa shape index (κ3) is 2.27. The van der Waals surface area contributed by atoms with Crippen molar-refractivity contribution in [2.75, 3.05) is 11.4 Å². The Bertz CT molecular complexity index is 655. The molecule has 0 unspecified atom stereocenters. The standard InChI is InChI=1S/C14H13N3O3/c18-13-3-1-11-9-16(6-5-10(11)7-13)14-4-2-12(8-15-14)17(19)20/h1-4,7-8,18H,5-6,9H2. The second-order valence-corrected chi connectivity index (χ2v) is 4.76. The summed E-state index contributed by atoms with van der Waals surface area (Å²) in [7, 11) is 0. The zero-order valence-corrected chi connectivity index (χ0v) is 10.7. The Morgan fingerprint density at radius 1 is 1.25 bits per heavy atom. The molecular weight excluding hydrogens is 258 g/mol. The van der Waals surface area contributed by atoms with E-state index in [2.05, 4.69) is 9.88 Å². The normalized spacial score (nSPS) is 13.9. The smallest absolute Gasteiger partial charge is 0.287 e. The van der Waals surface area contributed by atoms with Crippen LogP contribution in [0.15, 0.2) is 36.5 Å². The van der Waals surface area contributed by atoms with Crippen LogP contribution in [0.1, 0.15) is 11.1 Å². The monoisotopic (exact) mass is 271 g/mol. The lowest BCUT2D eigenvalue weighted by Gasteiger charge is -2.29. The van der Waals surface area contributed by atoms with E-state index in [1.165, 1.54) is 12.3 Å². The summed E-state index contributed by atoms with van der Waals surface area (Å²) in [6.45, 7) is 1.47. The second-order valence-electron chi connectivity index (χ2n) is 4.76. The molecule has 0 radical (unpaired) electrons. The third-order valence-corrected chi connectivity index (χ3v) is 3.47. The number of fused-ring (bicyclic) bond motifs is 1. The van der Waals surface area contributed by atoms with Crippen molar-refractivity contribution in [1.29, 1.82) is 0 Å². The minimum atomic E-state index is -0.453. The molecule has 1 N–H and O–H groups in total. The molecule has 0 fully saturated rings. The zero-order valence-electron chi connectivity index (χ0n) is 10.7.